The van der Waals surface area contributed by atoms with Gasteiger partial charge in [-0.3, -0.25) is 9.78 Å². The van der Waals surface area contributed by atoms with Crippen LogP contribution in [0.3, 0.4) is 0 Å². The van der Waals surface area contributed by atoms with E-state index in [4.69, 9.17) is 9.47 Å². The highest BCUT2D eigenvalue weighted by atomic mass is 16.6. The number of β-amino-alcohol motifs (C(OH)–C–C–N with tert-alkyl or cyclic N) is 1. The standard InChI is InChI=1S/C17H22N2O5/c1-3-6-23-17(22)19-10-16(21)9-15(19)8-13-4-5-18-14(7-13)11-24-12(2)20/h3-5,7,15-16,21H,1,6,8-11H2,2H3/t15-,16-/m1/s1. The van der Waals surface area contributed by atoms with Crippen molar-refractivity contribution in [2.75, 3.05) is 13.2 Å². The Bertz CT molecular complexity index is 604. The van der Waals surface area contributed by atoms with Crippen LogP contribution in [0.4, 0.5) is 4.79 Å². The van der Waals surface area contributed by atoms with E-state index < -0.39 is 12.2 Å². The zero-order valence-electron chi connectivity index (χ0n) is 13.7. The van der Waals surface area contributed by atoms with Gasteiger partial charge in [0, 0.05) is 19.2 Å². The average molecular weight is 334 g/mol. The fraction of sp³-hybridized carbons (Fsp3) is 0.471. The van der Waals surface area contributed by atoms with Gasteiger partial charge in [-0.05, 0) is 30.5 Å². The minimum atomic E-state index is -0.561. The highest BCUT2D eigenvalue weighted by molar-refractivity contribution is 5.68. The highest BCUT2D eigenvalue weighted by Gasteiger charge is 2.35. The number of aliphatic hydroxyl groups excluding tert-OH is 1. The van der Waals surface area contributed by atoms with E-state index in [2.05, 4.69) is 11.6 Å². The van der Waals surface area contributed by atoms with E-state index in [1.54, 1.807) is 11.1 Å². The summed E-state index contributed by atoms with van der Waals surface area (Å²) < 4.78 is 10.0. The lowest BCUT2D eigenvalue weighted by Crippen LogP contribution is -2.37. The third-order valence-corrected chi connectivity index (χ3v) is 3.73. The number of nitrogens with zero attached hydrogens (tertiary/aromatic N) is 2. The number of amides is 1. The van der Waals surface area contributed by atoms with Crippen molar-refractivity contribution in [2.45, 2.75) is 38.5 Å². The number of likely N-dealkylation sites (tertiary alicyclic amines) is 1. The molecule has 0 unspecified atom stereocenters. The summed E-state index contributed by atoms with van der Waals surface area (Å²) in [6.45, 7) is 5.36. The summed E-state index contributed by atoms with van der Waals surface area (Å²) >= 11 is 0. The number of carbonyl (C=O) groups is 2. The van der Waals surface area contributed by atoms with Crippen molar-refractivity contribution in [3.05, 3.63) is 42.2 Å². The van der Waals surface area contributed by atoms with Gasteiger partial charge < -0.3 is 19.5 Å². The zero-order valence-corrected chi connectivity index (χ0v) is 13.7. The third-order valence-electron chi connectivity index (χ3n) is 3.73. The molecule has 1 N–H and O–H groups in total. The fourth-order valence-electron chi connectivity index (χ4n) is 2.70. The minimum absolute atomic E-state index is 0.113. The van der Waals surface area contributed by atoms with Crippen molar-refractivity contribution in [1.82, 2.24) is 9.88 Å². The van der Waals surface area contributed by atoms with Crippen LogP contribution in [0.1, 0.15) is 24.6 Å². The van der Waals surface area contributed by atoms with Crippen LogP contribution in [0.25, 0.3) is 0 Å². The molecule has 1 aromatic heterocycles. The number of hydrogen-bond donors (Lipinski definition) is 1. The molecule has 1 fully saturated rings. The van der Waals surface area contributed by atoms with Gasteiger partial charge >= 0.3 is 12.1 Å². The molecule has 2 rings (SSSR count). The number of aliphatic hydroxyl groups is 1. The van der Waals surface area contributed by atoms with Crippen LogP contribution in [0.5, 0.6) is 0 Å². The second-order valence-electron chi connectivity index (χ2n) is 5.70. The normalized spacial score (nSPS) is 19.8. The van der Waals surface area contributed by atoms with Gasteiger partial charge in [-0.25, -0.2) is 4.79 Å². The second kappa shape index (κ2) is 8.44. The van der Waals surface area contributed by atoms with Crippen molar-refractivity contribution in [2.24, 2.45) is 0 Å². The van der Waals surface area contributed by atoms with Gasteiger partial charge in [0.2, 0.25) is 0 Å². The molecule has 2 atom stereocenters. The van der Waals surface area contributed by atoms with E-state index in [-0.39, 0.29) is 31.8 Å². The van der Waals surface area contributed by atoms with E-state index in [0.717, 1.165) is 5.56 Å². The van der Waals surface area contributed by atoms with Crippen molar-refractivity contribution in [3.63, 3.8) is 0 Å². The van der Waals surface area contributed by atoms with Gasteiger partial charge in [-0.1, -0.05) is 12.7 Å². The molecular weight excluding hydrogens is 312 g/mol. The lowest BCUT2D eigenvalue weighted by Gasteiger charge is -2.23. The molecule has 24 heavy (non-hydrogen) atoms. The summed E-state index contributed by atoms with van der Waals surface area (Å²) in [5, 5.41) is 9.88. The maximum atomic E-state index is 12.1. The maximum Gasteiger partial charge on any atom is 0.410 e. The molecule has 7 heteroatoms. The zero-order chi connectivity index (χ0) is 17.5. The van der Waals surface area contributed by atoms with Crippen molar-refractivity contribution in [1.29, 1.82) is 0 Å². The minimum Gasteiger partial charge on any atom is -0.459 e. The number of rotatable bonds is 6. The van der Waals surface area contributed by atoms with Crippen LogP contribution in [-0.2, 0) is 27.3 Å². The van der Waals surface area contributed by atoms with Crippen LogP contribution in [0.15, 0.2) is 31.0 Å². The van der Waals surface area contributed by atoms with Crippen LogP contribution in [0.2, 0.25) is 0 Å². The summed E-state index contributed by atoms with van der Waals surface area (Å²) in [5.41, 5.74) is 1.59. The molecule has 1 aliphatic rings. The number of hydrogen-bond acceptors (Lipinski definition) is 6. The molecule has 1 saturated heterocycles. The molecule has 0 bridgehead atoms. The molecule has 0 aliphatic carbocycles. The molecule has 1 aromatic rings. The first-order valence-corrected chi connectivity index (χ1v) is 7.79. The predicted molar refractivity (Wildman–Crippen MR) is 86.1 cm³/mol. The number of pyridine rings is 1. The molecule has 0 spiro atoms. The van der Waals surface area contributed by atoms with Crippen LogP contribution in [-0.4, -0.2) is 52.4 Å². The molecule has 0 saturated carbocycles. The topological polar surface area (TPSA) is 89.0 Å². The van der Waals surface area contributed by atoms with Crippen molar-refractivity contribution in [3.8, 4) is 0 Å². The molecule has 1 aliphatic heterocycles. The SMILES string of the molecule is C=CCOC(=O)N1C[C@H](O)C[C@H]1Cc1ccnc(COC(C)=O)c1. The summed E-state index contributed by atoms with van der Waals surface area (Å²) in [6.07, 6.45) is 3.18. The van der Waals surface area contributed by atoms with E-state index in [0.29, 0.717) is 18.5 Å². The Morgan fingerprint density at radius 1 is 1.50 bits per heavy atom. The first-order chi connectivity index (χ1) is 11.5. The summed E-state index contributed by atoms with van der Waals surface area (Å²) in [5.74, 6) is -0.364. The van der Waals surface area contributed by atoms with E-state index in [1.165, 1.54) is 13.0 Å². The Kier molecular flexibility index (Phi) is 6.31. The number of carbonyl (C=O) groups excluding carboxylic acids is 2. The van der Waals surface area contributed by atoms with E-state index in [1.807, 2.05) is 12.1 Å². The molecular formula is C17H22N2O5. The van der Waals surface area contributed by atoms with E-state index in [9.17, 15) is 14.7 Å². The monoisotopic (exact) mass is 334 g/mol. The number of ether oxygens (including phenoxy) is 2. The molecule has 130 valence electrons. The summed E-state index contributed by atoms with van der Waals surface area (Å²) in [4.78, 5) is 28.6. The summed E-state index contributed by atoms with van der Waals surface area (Å²) in [6, 6.07) is 3.53. The number of esters is 1. The molecule has 0 radical (unpaired) electrons. The van der Waals surface area contributed by atoms with Gasteiger partial charge in [0.15, 0.2) is 0 Å². The lowest BCUT2D eigenvalue weighted by molar-refractivity contribution is -0.142. The molecule has 1 amide bonds. The van der Waals surface area contributed by atoms with E-state index >= 15 is 0 Å². The third kappa shape index (κ3) is 5.06. The second-order valence-corrected chi connectivity index (χ2v) is 5.70. The fourth-order valence-corrected chi connectivity index (χ4v) is 2.70. The first kappa shape index (κ1) is 17.9. The highest BCUT2D eigenvalue weighted by Crippen LogP contribution is 2.23. The predicted octanol–water partition coefficient (Wildman–Crippen LogP) is 1.45. The molecule has 7 nitrogen and oxygen atoms in total. The van der Waals surface area contributed by atoms with Gasteiger partial charge in [0.1, 0.15) is 13.2 Å². The lowest BCUT2D eigenvalue weighted by atomic mass is 10.0. The largest absolute Gasteiger partial charge is 0.459 e. The quantitative estimate of drug-likeness (QED) is 0.625. The van der Waals surface area contributed by atoms with Crippen molar-refractivity contribution >= 4 is 12.1 Å². The van der Waals surface area contributed by atoms with Gasteiger partial charge in [-0.15, -0.1) is 0 Å². The Morgan fingerprint density at radius 2 is 2.29 bits per heavy atom. The van der Waals surface area contributed by atoms with Crippen LogP contribution < -0.4 is 0 Å². The van der Waals surface area contributed by atoms with Crippen LogP contribution >= 0.6 is 0 Å². The Morgan fingerprint density at radius 3 is 3.00 bits per heavy atom. The summed E-state index contributed by atoms with van der Waals surface area (Å²) in [7, 11) is 0. The average Bonchev–Trinajstić information content (AvgIpc) is 2.91. The molecule has 2 heterocycles. The Labute approximate surface area is 140 Å². The smallest absolute Gasteiger partial charge is 0.410 e. The Balaban J connectivity index is 2.02. The first-order valence-electron chi connectivity index (χ1n) is 7.79. The number of aromatic nitrogens is 1. The van der Waals surface area contributed by atoms with Gasteiger partial charge in [0.25, 0.3) is 0 Å². The van der Waals surface area contributed by atoms with Crippen molar-refractivity contribution < 1.29 is 24.2 Å². The van der Waals surface area contributed by atoms with Gasteiger partial charge in [-0.2, -0.15) is 0 Å². The van der Waals surface area contributed by atoms with Crippen LogP contribution in [0, 0.1) is 0 Å². The molecule has 0 aromatic carbocycles. The van der Waals surface area contributed by atoms with Gasteiger partial charge in [0.05, 0.1) is 18.3 Å². The Hall–Kier alpha value is -2.41. The maximum absolute atomic E-state index is 12.1.